The maximum absolute atomic E-state index is 12.3. The Morgan fingerprint density at radius 3 is 2.50 bits per heavy atom. The van der Waals surface area contributed by atoms with Crippen LogP contribution in [0.2, 0.25) is 0 Å². The Morgan fingerprint density at radius 1 is 1.21 bits per heavy atom. The van der Waals surface area contributed by atoms with Crippen LogP contribution in [0.4, 0.5) is 10.6 Å². The molecule has 0 radical (unpaired) electrons. The lowest BCUT2D eigenvalue weighted by Gasteiger charge is -2.33. The summed E-state index contributed by atoms with van der Waals surface area (Å²) in [4.78, 5) is 27.7. The quantitative estimate of drug-likeness (QED) is 0.716. The van der Waals surface area contributed by atoms with Crippen LogP contribution in [0.15, 0.2) is 36.4 Å². The van der Waals surface area contributed by atoms with Gasteiger partial charge in [0.15, 0.2) is 5.78 Å². The van der Waals surface area contributed by atoms with E-state index in [0.717, 1.165) is 30.8 Å². The summed E-state index contributed by atoms with van der Waals surface area (Å²) in [6, 6.07) is 11.5. The van der Waals surface area contributed by atoms with Gasteiger partial charge in [0.05, 0.1) is 0 Å². The van der Waals surface area contributed by atoms with Gasteiger partial charge < -0.3 is 14.5 Å². The summed E-state index contributed by atoms with van der Waals surface area (Å²) in [6.45, 7) is 4.11. The van der Waals surface area contributed by atoms with Crippen LogP contribution in [-0.2, 0) is 18.4 Å². The molecule has 7 heteroatoms. The summed E-state index contributed by atoms with van der Waals surface area (Å²) < 4.78 is 7.17. The summed E-state index contributed by atoms with van der Waals surface area (Å²) in [5.74, 6) is 1.38. The minimum absolute atomic E-state index is 0.0300. The number of aryl methyl sites for hydroxylation is 1. The van der Waals surface area contributed by atoms with E-state index in [2.05, 4.69) is 10.00 Å². The Morgan fingerprint density at radius 2 is 1.89 bits per heavy atom. The van der Waals surface area contributed by atoms with Crippen molar-refractivity contribution in [1.29, 1.82) is 0 Å². The Balaban J connectivity index is 1.46. The number of hydrogen-bond acceptors (Lipinski definition) is 5. The van der Waals surface area contributed by atoms with Crippen LogP contribution < -0.4 is 4.90 Å². The maximum atomic E-state index is 12.3. The third kappa shape index (κ3) is 4.91. The van der Waals surface area contributed by atoms with E-state index < -0.39 is 0 Å². The van der Waals surface area contributed by atoms with Crippen molar-refractivity contribution in [1.82, 2.24) is 14.7 Å². The maximum Gasteiger partial charge on any atom is 0.410 e. The zero-order valence-electron chi connectivity index (χ0n) is 16.8. The van der Waals surface area contributed by atoms with Gasteiger partial charge >= 0.3 is 6.09 Å². The lowest BCUT2D eigenvalue weighted by Crippen LogP contribution is -2.41. The van der Waals surface area contributed by atoms with Crippen molar-refractivity contribution in [3.63, 3.8) is 0 Å². The molecule has 0 unspecified atom stereocenters. The van der Waals surface area contributed by atoms with Gasteiger partial charge in [-0.05, 0) is 24.3 Å². The minimum Gasteiger partial charge on any atom is -0.445 e. The summed E-state index contributed by atoms with van der Waals surface area (Å²) in [5.41, 5.74) is 1.48. The van der Waals surface area contributed by atoms with Gasteiger partial charge in [-0.15, -0.1) is 0 Å². The number of anilines is 1. The number of carbonyl (C=O) groups is 2. The molecule has 0 aliphatic carbocycles. The van der Waals surface area contributed by atoms with E-state index in [-0.39, 0.29) is 11.9 Å². The first-order chi connectivity index (χ1) is 13.4. The number of aromatic nitrogens is 2. The number of ketones is 1. The monoisotopic (exact) mass is 384 g/mol. The largest absolute Gasteiger partial charge is 0.445 e. The molecule has 150 valence electrons. The second kappa shape index (κ2) is 8.91. The molecule has 1 amide bonds. The van der Waals surface area contributed by atoms with Crippen LogP contribution in [0.25, 0.3) is 0 Å². The number of hydrogen-bond donors (Lipinski definition) is 0. The van der Waals surface area contributed by atoms with E-state index in [1.165, 1.54) is 6.92 Å². The van der Waals surface area contributed by atoms with Gasteiger partial charge in [-0.3, -0.25) is 9.48 Å². The highest BCUT2D eigenvalue weighted by atomic mass is 16.6. The van der Waals surface area contributed by atoms with Crippen molar-refractivity contribution in [2.45, 2.75) is 26.4 Å². The molecule has 2 aromatic rings. The standard InChI is InChI=1S/C21H28N4O3/c1-16(26)19-13-20(24(3)22-19)23(2)14-17-9-11-25(12-10-17)21(27)28-15-18-7-5-4-6-8-18/h4-8,13,17H,9-12,14-15H2,1-3H3. The van der Waals surface area contributed by atoms with Crippen molar-refractivity contribution in [2.24, 2.45) is 13.0 Å². The lowest BCUT2D eigenvalue weighted by molar-refractivity contribution is 0.0828. The molecule has 0 saturated carbocycles. The summed E-state index contributed by atoms with van der Waals surface area (Å²) in [6.07, 6.45) is 1.62. The first-order valence-corrected chi connectivity index (χ1v) is 9.65. The smallest absolute Gasteiger partial charge is 0.410 e. The van der Waals surface area contributed by atoms with Crippen molar-refractivity contribution in [3.8, 4) is 0 Å². The minimum atomic E-state index is -0.242. The van der Waals surface area contributed by atoms with E-state index in [4.69, 9.17) is 4.74 Å². The van der Waals surface area contributed by atoms with Crippen molar-refractivity contribution in [2.75, 3.05) is 31.6 Å². The number of ether oxygens (including phenoxy) is 1. The van der Waals surface area contributed by atoms with Gasteiger partial charge in [-0.2, -0.15) is 5.10 Å². The summed E-state index contributed by atoms with van der Waals surface area (Å²) in [7, 11) is 3.87. The highest BCUT2D eigenvalue weighted by Crippen LogP contribution is 2.22. The fraction of sp³-hybridized carbons (Fsp3) is 0.476. The van der Waals surface area contributed by atoms with Gasteiger partial charge in [0, 0.05) is 46.7 Å². The third-order valence-corrected chi connectivity index (χ3v) is 5.22. The normalized spacial score (nSPS) is 14.8. The van der Waals surface area contributed by atoms with Crippen molar-refractivity contribution >= 4 is 17.7 Å². The molecule has 0 atom stereocenters. The molecule has 0 N–H and O–H groups in total. The Hall–Kier alpha value is -2.83. The average Bonchev–Trinajstić information content (AvgIpc) is 3.10. The van der Waals surface area contributed by atoms with Crippen molar-refractivity contribution < 1.29 is 14.3 Å². The fourth-order valence-electron chi connectivity index (χ4n) is 3.58. The second-order valence-electron chi connectivity index (χ2n) is 7.42. The molecule has 1 aliphatic heterocycles. The molecule has 1 saturated heterocycles. The molecular formula is C21H28N4O3. The Bertz CT molecular complexity index is 810. The van der Waals surface area contributed by atoms with Crippen LogP contribution in [-0.4, -0.2) is 53.2 Å². The van der Waals surface area contributed by atoms with E-state index in [0.29, 0.717) is 31.3 Å². The number of likely N-dealkylation sites (tertiary alicyclic amines) is 1. The second-order valence-corrected chi connectivity index (χ2v) is 7.42. The molecule has 3 rings (SSSR count). The van der Waals surface area contributed by atoms with E-state index >= 15 is 0 Å². The molecular weight excluding hydrogens is 356 g/mol. The molecule has 7 nitrogen and oxygen atoms in total. The molecule has 1 aromatic carbocycles. The zero-order chi connectivity index (χ0) is 20.1. The van der Waals surface area contributed by atoms with Gasteiger partial charge in [0.1, 0.15) is 18.1 Å². The number of piperidine rings is 1. The van der Waals surface area contributed by atoms with Crippen LogP contribution in [0.3, 0.4) is 0 Å². The topological polar surface area (TPSA) is 67.7 Å². The number of benzene rings is 1. The fourth-order valence-corrected chi connectivity index (χ4v) is 3.58. The zero-order valence-corrected chi connectivity index (χ0v) is 16.8. The number of rotatable bonds is 6. The van der Waals surface area contributed by atoms with E-state index in [9.17, 15) is 9.59 Å². The molecule has 1 aromatic heterocycles. The number of Topliss-reactive ketones (excluding diaryl/α,β-unsaturated/α-hetero) is 1. The average molecular weight is 384 g/mol. The molecule has 1 fully saturated rings. The lowest BCUT2D eigenvalue weighted by atomic mass is 9.96. The number of amides is 1. The molecule has 0 spiro atoms. The summed E-state index contributed by atoms with van der Waals surface area (Å²) >= 11 is 0. The van der Waals surface area contributed by atoms with E-state index in [1.54, 1.807) is 9.58 Å². The number of carbonyl (C=O) groups excluding carboxylic acids is 2. The van der Waals surface area contributed by atoms with E-state index in [1.807, 2.05) is 50.5 Å². The predicted octanol–water partition coefficient (Wildman–Crippen LogP) is 3.11. The Labute approximate surface area is 165 Å². The van der Waals surface area contributed by atoms with Crippen LogP contribution in [0, 0.1) is 5.92 Å². The van der Waals surface area contributed by atoms with Crippen LogP contribution >= 0.6 is 0 Å². The highest BCUT2D eigenvalue weighted by Gasteiger charge is 2.25. The van der Waals surface area contributed by atoms with Crippen LogP contribution in [0.1, 0.15) is 35.8 Å². The van der Waals surface area contributed by atoms with Gasteiger partial charge in [0.25, 0.3) is 0 Å². The van der Waals surface area contributed by atoms with Gasteiger partial charge in [0.2, 0.25) is 0 Å². The first kappa shape index (κ1) is 19.9. The Kier molecular flexibility index (Phi) is 6.34. The highest BCUT2D eigenvalue weighted by molar-refractivity contribution is 5.92. The molecule has 2 heterocycles. The van der Waals surface area contributed by atoms with Crippen molar-refractivity contribution in [3.05, 3.63) is 47.7 Å². The molecule has 0 bridgehead atoms. The predicted molar refractivity (Wildman–Crippen MR) is 107 cm³/mol. The first-order valence-electron chi connectivity index (χ1n) is 9.65. The molecule has 28 heavy (non-hydrogen) atoms. The van der Waals surface area contributed by atoms with Crippen LogP contribution in [0.5, 0.6) is 0 Å². The third-order valence-electron chi connectivity index (χ3n) is 5.22. The van der Waals surface area contributed by atoms with Gasteiger partial charge in [-0.25, -0.2) is 4.79 Å². The molecule has 1 aliphatic rings. The SMILES string of the molecule is CC(=O)c1cc(N(C)CC2CCN(C(=O)OCc3ccccc3)CC2)n(C)n1. The summed E-state index contributed by atoms with van der Waals surface area (Å²) in [5, 5.41) is 4.26. The van der Waals surface area contributed by atoms with Gasteiger partial charge in [-0.1, -0.05) is 30.3 Å². The number of nitrogens with zero attached hydrogens (tertiary/aromatic N) is 4.